The molecule has 0 radical (unpaired) electrons. The van der Waals surface area contributed by atoms with Crippen molar-refractivity contribution in [1.82, 2.24) is 9.88 Å². The third kappa shape index (κ3) is 3.26. The van der Waals surface area contributed by atoms with Crippen molar-refractivity contribution in [3.63, 3.8) is 0 Å². The third-order valence-electron chi connectivity index (χ3n) is 4.80. The van der Waals surface area contributed by atoms with Gasteiger partial charge in [-0.1, -0.05) is 6.07 Å². The van der Waals surface area contributed by atoms with E-state index in [0.717, 1.165) is 63.8 Å². The van der Waals surface area contributed by atoms with Gasteiger partial charge in [-0.3, -0.25) is 4.90 Å². The van der Waals surface area contributed by atoms with Crippen LogP contribution < -0.4 is 4.90 Å². The summed E-state index contributed by atoms with van der Waals surface area (Å²) in [6.07, 6.45) is 5.87. The van der Waals surface area contributed by atoms with Crippen molar-refractivity contribution in [2.75, 3.05) is 37.7 Å². The summed E-state index contributed by atoms with van der Waals surface area (Å²) in [6.45, 7) is 5.54. The van der Waals surface area contributed by atoms with Crippen LogP contribution in [0.2, 0.25) is 0 Å². The largest absolute Gasteiger partial charge is 0.468 e. The van der Waals surface area contributed by atoms with Crippen molar-refractivity contribution >= 4 is 5.82 Å². The van der Waals surface area contributed by atoms with E-state index in [2.05, 4.69) is 26.9 Å². The Morgan fingerprint density at radius 1 is 1.13 bits per heavy atom. The highest BCUT2D eigenvalue weighted by Crippen LogP contribution is 2.31. The molecule has 0 saturated carbocycles. The number of piperidine rings is 1. The predicted molar refractivity (Wildman–Crippen MR) is 88.4 cm³/mol. The minimum atomic E-state index is -0.0827. The van der Waals surface area contributed by atoms with E-state index in [1.54, 1.807) is 6.26 Å². The lowest BCUT2D eigenvalue weighted by Gasteiger charge is -2.48. The molecule has 2 fully saturated rings. The number of hydrogen-bond donors (Lipinski definition) is 0. The number of nitrogens with zero attached hydrogens (tertiary/aromatic N) is 3. The van der Waals surface area contributed by atoms with Crippen LogP contribution in [-0.2, 0) is 11.3 Å². The van der Waals surface area contributed by atoms with Crippen LogP contribution in [0.4, 0.5) is 5.82 Å². The molecule has 122 valence electrons. The molecule has 1 atom stereocenters. The number of anilines is 1. The molecule has 2 aromatic rings. The lowest BCUT2D eigenvalue weighted by Crippen LogP contribution is -2.59. The quantitative estimate of drug-likeness (QED) is 0.871. The highest BCUT2D eigenvalue weighted by atomic mass is 16.5. The van der Waals surface area contributed by atoms with Crippen LogP contribution >= 0.6 is 0 Å². The Kier molecular flexibility index (Phi) is 4.06. The van der Waals surface area contributed by atoms with Gasteiger partial charge in [0.05, 0.1) is 25.0 Å². The third-order valence-corrected chi connectivity index (χ3v) is 4.80. The van der Waals surface area contributed by atoms with Gasteiger partial charge < -0.3 is 14.1 Å². The lowest BCUT2D eigenvalue weighted by atomic mass is 9.90. The first-order chi connectivity index (χ1) is 11.3. The monoisotopic (exact) mass is 313 g/mol. The summed E-state index contributed by atoms with van der Waals surface area (Å²) < 4.78 is 11.8. The van der Waals surface area contributed by atoms with Crippen molar-refractivity contribution in [3.05, 3.63) is 48.6 Å². The Hall–Kier alpha value is -1.85. The maximum Gasteiger partial charge on any atom is 0.128 e. The van der Waals surface area contributed by atoms with Gasteiger partial charge in [-0.25, -0.2) is 4.98 Å². The van der Waals surface area contributed by atoms with Crippen molar-refractivity contribution in [2.24, 2.45) is 0 Å². The fraction of sp³-hybridized carbons (Fsp3) is 0.500. The lowest BCUT2D eigenvalue weighted by molar-refractivity contribution is -0.117. The fourth-order valence-corrected chi connectivity index (χ4v) is 3.76. The zero-order chi connectivity index (χ0) is 15.5. The van der Waals surface area contributed by atoms with Gasteiger partial charge in [0.25, 0.3) is 0 Å². The SMILES string of the molecule is c1ccc(N2CCC[C@@]3(CN(Cc4ccco4)CCO3)C2)nc1. The molecule has 4 rings (SSSR count). The van der Waals surface area contributed by atoms with Crippen molar-refractivity contribution in [3.8, 4) is 0 Å². The molecule has 5 nitrogen and oxygen atoms in total. The Balaban J connectivity index is 1.46. The summed E-state index contributed by atoms with van der Waals surface area (Å²) in [5.74, 6) is 2.08. The van der Waals surface area contributed by atoms with Crippen LogP contribution in [0.25, 0.3) is 0 Å². The van der Waals surface area contributed by atoms with Crippen molar-refractivity contribution < 1.29 is 9.15 Å². The minimum absolute atomic E-state index is 0.0827. The van der Waals surface area contributed by atoms with E-state index in [0.29, 0.717) is 0 Å². The summed E-state index contributed by atoms with van der Waals surface area (Å²) in [5.41, 5.74) is -0.0827. The van der Waals surface area contributed by atoms with Crippen LogP contribution in [0, 0.1) is 0 Å². The first-order valence-electron chi connectivity index (χ1n) is 8.38. The predicted octanol–water partition coefficient (Wildman–Crippen LogP) is 2.55. The van der Waals surface area contributed by atoms with Crippen LogP contribution in [0.15, 0.2) is 47.2 Å². The molecule has 2 aliphatic rings. The number of rotatable bonds is 3. The highest BCUT2D eigenvalue weighted by Gasteiger charge is 2.40. The Labute approximate surface area is 136 Å². The van der Waals surface area contributed by atoms with Crippen LogP contribution in [0.5, 0.6) is 0 Å². The van der Waals surface area contributed by atoms with Gasteiger partial charge in [-0.2, -0.15) is 0 Å². The van der Waals surface area contributed by atoms with Crippen LogP contribution in [0.3, 0.4) is 0 Å². The summed E-state index contributed by atoms with van der Waals surface area (Å²) in [7, 11) is 0. The van der Waals surface area contributed by atoms with Gasteiger partial charge in [-0.15, -0.1) is 0 Å². The zero-order valence-electron chi connectivity index (χ0n) is 13.4. The summed E-state index contributed by atoms with van der Waals surface area (Å²) in [6, 6.07) is 10.1. The van der Waals surface area contributed by atoms with Gasteiger partial charge in [0.1, 0.15) is 11.6 Å². The number of pyridine rings is 1. The van der Waals surface area contributed by atoms with E-state index >= 15 is 0 Å². The second-order valence-electron chi connectivity index (χ2n) is 6.53. The molecule has 0 aromatic carbocycles. The van der Waals surface area contributed by atoms with Crippen LogP contribution in [-0.4, -0.2) is 48.3 Å². The summed E-state index contributed by atoms with van der Waals surface area (Å²) in [4.78, 5) is 9.31. The van der Waals surface area contributed by atoms with E-state index in [1.165, 1.54) is 0 Å². The second-order valence-corrected chi connectivity index (χ2v) is 6.53. The standard InChI is InChI=1S/C18H23N3O2/c1-2-8-19-17(6-1)21-9-4-7-18(15-21)14-20(10-12-23-18)13-16-5-3-11-22-16/h1-3,5-6,8,11H,4,7,9-10,12-15H2/t18-/m1/s1. The fourth-order valence-electron chi connectivity index (χ4n) is 3.76. The molecule has 2 aliphatic heterocycles. The van der Waals surface area contributed by atoms with Gasteiger partial charge in [0, 0.05) is 32.4 Å². The highest BCUT2D eigenvalue weighted by molar-refractivity contribution is 5.39. The first-order valence-corrected chi connectivity index (χ1v) is 8.38. The van der Waals surface area contributed by atoms with E-state index in [4.69, 9.17) is 9.15 Å². The Bertz CT molecular complexity index is 612. The second kappa shape index (κ2) is 6.34. The zero-order valence-corrected chi connectivity index (χ0v) is 13.4. The molecule has 1 spiro atoms. The van der Waals surface area contributed by atoms with E-state index in [1.807, 2.05) is 24.4 Å². The van der Waals surface area contributed by atoms with E-state index < -0.39 is 0 Å². The topological polar surface area (TPSA) is 41.7 Å². The number of ether oxygens (including phenoxy) is 1. The number of aromatic nitrogens is 1. The molecule has 0 aliphatic carbocycles. The Morgan fingerprint density at radius 2 is 2.13 bits per heavy atom. The molecular weight excluding hydrogens is 290 g/mol. The van der Waals surface area contributed by atoms with Gasteiger partial charge in [0.2, 0.25) is 0 Å². The van der Waals surface area contributed by atoms with Gasteiger partial charge in [-0.05, 0) is 37.1 Å². The molecule has 2 saturated heterocycles. The molecule has 5 heteroatoms. The van der Waals surface area contributed by atoms with Gasteiger partial charge >= 0.3 is 0 Å². The Morgan fingerprint density at radius 3 is 2.96 bits per heavy atom. The summed E-state index contributed by atoms with van der Waals surface area (Å²) in [5, 5.41) is 0. The van der Waals surface area contributed by atoms with E-state index in [-0.39, 0.29) is 5.60 Å². The normalized spacial score (nSPS) is 25.8. The number of hydrogen-bond acceptors (Lipinski definition) is 5. The average Bonchev–Trinajstić information content (AvgIpc) is 3.09. The van der Waals surface area contributed by atoms with E-state index in [9.17, 15) is 0 Å². The van der Waals surface area contributed by atoms with Crippen LogP contribution in [0.1, 0.15) is 18.6 Å². The van der Waals surface area contributed by atoms with Crippen molar-refractivity contribution in [2.45, 2.75) is 25.0 Å². The molecule has 0 bridgehead atoms. The average molecular weight is 313 g/mol. The summed E-state index contributed by atoms with van der Waals surface area (Å²) >= 11 is 0. The number of furan rings is 1. The maximum atomic E-state index is 6.27. The smallest absolute Gasteiger partial charge is 0.128 e. The molecule has 0 N–H and O–H groups in total. The van der Waals surface area contributed by atoms with Gasteiger partial charge in [0.15, 0.2) is 0 Å². The molecule has 2 aromatic heterocycles. The molecule has 23 heavy (non-hydrogen) atoms. The molecule has 4 heterocycles. The molecular formula is C18H23N3O2. The number of morpholine rings is 1. The maximum absolute atomic E-state index is 6.27. The first kappa shape index (κ1) is 14.7. The van der Waals surface area contributed by atoms with Crippen molar-refractivity contribution in [1.29, 1.82) is 0 Å². The minimum Gasteiger partial charge on any atom is -0.468 e. The molecule has 0 amide bonds. The molecule has 0 unspecified atom stereocenters.